The third-order valence-electron chi connectivity index (χ3n) is 5.04. The van der Waals surface area contributed by atoms with Gasteiger partial charge in [0, 0.05) is 19.1 Å². The van der Waals surface area contributed by atoms with E-state index >= 15 is 0 Å². The fraction of sp³-hybridized carbons (Fsp3) is 0.722. The maximum Gasteiger partial charge on any atom is 0.274 e. The van der Waals surface area contributed by atoms with Crippen molar-refractivity contribution in [3.05, 3.63) is 17.8 Å². The first-order chi connectivity index (χ1) is 11.2. The molecule has 1 unspecified atom stereocenters. The maximum atomic E-state index is 12.5. The third kappa shape index (κ3) is 4.43. The van der Waals surface area contributed by atoms with E-state index in [1.807, 2.05) is 17.0 Å². The number of piperidine rings is 1. The lowest BCUT2D eigenvalue weighted by Gasteiger charge is -2.30. The van der Waals surface area contributed by atoms with Crippen molar-refractivity contribution >= 4 is 11.7 Å². The van der Waals surface area contributed by atoms with Crippen LogP contribution in [0.25, 0.3) is 0 Å². The molecule has 5 nitrogen and oxygen atoms in total. The molecule has 1 aliphatic heterocycles. The number of hydrogen-bond acceptors (Lipinski definition) is 4. The Morgan fingerprint density at radius 2 is 1.87 bits per heavy atom. The summed E-state index contributed by atoms with van der Waals surface area (Å²) in [4.78, 5) is 14.4. The summed E-state index contributed by atoms with van der Waals surface area (Å²) >= 11 is 0. The van der Waals surface area contributed by atoms with Gasteiger partial charge in [-0.2, -0.15) is 0 Å². The van der Waals surface area contributed by atoms with Gasteiger partial charge < -0.3 is 10.2 Å². The van der Waals surface area contributed by atoms with Gasteiger partial charge in [-0.25, -0.2) is 0 Å². The summed E-state index contributed by atoms with van der Waals surface area (Å²) in [6.07, 6.45) is 9.95. The van der Waals surface area contributed by atoms with E-state index in [0.717, 1.165) is 25.3 Å². The summed E-state index contributed by atoms with van der Waals surface area (Å²) in [5.41, 5.74) is 0.463. The van der Waals surface area contributed by atoms with E-state index in [0.29, 0.717) is 17.7 Å². The summed E-state index contributed by atoms with van der Waals surface area (Å²) in [5, 5.41) is 11.9. The van der Waals surface area contributed by atoms with E-state index in [1.165, 1.54) is 44.9 Å². The van der Waals surface area contributed by atoms with Gasteiger partial charge in [0.2, 0.25) is 0 Å². The summed E-state index contributed by atoms with van der Waals surface area (Å²) < 4.78 is 0. The normalized spacial score (nSPS) is 23.3. The van der Waals surface area contributed by atoms with E-state index in [-0.39, 0.29) is 5.91 Å². The van der Waals surface area contributed by atoms with Crippen molar-refractivity contribution in [3.8, 4) is 0 Å². The number of aromatic nitrogens is 2. The van der Waals surface area contributed by atoms with Gasteiger partial charge in [-0.15, -0.1) is 10.2 Å². The van der Waals surface area contributed by atoms with Crippen LogP contribution >= 0.6 is 0 Å². The highest BCUT2D eigenvalue weighted by molar-refractivity contribution is 5.92. The molecule has 1 amide bonds. The molecule has 126 valence electrons. The molecular weight excluding hydrogens is 288 g/mol. The molecule has 1 atom stereocenters. The number of anilines is 1. The van der Waals surface area contributed by atoms with Crippen molar-refractivity contribution in [1.29, 1.82) is 0 Å². The van der Waals surface area contributed by atoms with E-state index < -0.39 is 0 Å². The van der Waals surface area contributed by atoms with Crippen LogP contribution in [0.2, 0.25) is 0 Å². The molecule has 0 spiro atoms. The summed E-state index contributed by atoms with van der Waals surface area (Å²) in [6, 6.07) is 4.21. The van der Waals surface area contributed by atoms with Crippen LogP contribution in [0.5, 0.6) is 0 Å². The number of likely N-dealkylation sites (tertiary alicyclic amines) is 1. The van der Waals surface area contributed by atoms with Crippen LogP contribution in [0.3, 0.4) is 0 Å². The molecular formula is C18H28N4O. The van der Waals surface area contributed by atoms with Gasteiger partial charge in [-0.3, -0.25) is 4.79 Å². The summed E-state index contributed by atoms with van der Waals surface area (Å²) in [7, 11) is 0. The number of carbonyl (C=O) groups is 1. The fourth-order valence-corrected chi connectivity index (χ4v) is 3.69. The van der Waals surface area contributed by atoms with Crippen LogP contribution in [-0.2, 0) is 0 Å². The van der Waals surface area contributed by atoms with E-state index in [2.05, 4.69) is 22.4 Å². The standard InChI is InChI=1S/C18H28N4O/c1-14-7-6-12-22(13-14)18(23)16-10-11-17(21-20-16)19-15-8-4-2-3-5-9-15/h10-11,14-15H,2-9,12-13H2,1H3,(H,19,21). The zero-order valence-electron chi connectivity index (χ0n) is 14.1. The minimum absolute atomic E-state index is 0.0186. The molecule has 1 aromatic rings. The molecule has 1 N–H and O–H groups in total. The average Bonchev–Trinajstić information content (AvgIpc) is 2.84. The summed E-state index contributed by atoms with van der Waals surface area (Å²) in [5.74, 6) is 1.39. The lowest BCUT2D eigenvalue weighted by Crippen LogP contribution is -2.39. The fourth-order valence-electron chi connectivity index (χ4n) is 3.69. The zero-order valence-corrected chi connectivity index (χ0v) is 14.1. The molecule has 2 aliphatic rings. The first-order valence-electron chi connectivity index (χ1n) is 9.12. The lowest BCUT2D eigenvalue weighted by molar-refractivity contribution is 0.0676. The molecule has 2 fully saturated rings. The van der Waals surface area contributed by atoms with Gasteiger partial charge in [0.05, 0.1) is 0 Å². The second-order valence-electron chi connectivity index (χ2n) is 7.14. The third-order valence-corrected chi connectivity index (χ3v) is 5.04. The Hall–Kier alpha value is -1.65. The van der Waals surface area contributed by atoms with Gasteiger partial charge in [0.15, 0.2) is 5.69 Å². The zero-order chi connectivity index (χ0) is 16.1. The molecule has 3 rings (SSSR count). The Balaban J connectivity index is 1.58. The quantitative estimate of drug-likeness (QED) is 0.867. The van der Waals surface area contributed by atoms with Gasteiger partial charge in [-0.05, 0) is 43.7 Å². The predicted octanol–water partition coefficient (Wildman–Crippen LogP) is 3.48. The molecule has 0 radical (unpaired) electrons. The Labute approximate surface area is 138 Å². The molecule has 0 aromatic carbocycles. The maximum absolute atomic E-state index is 12.5. The Morgan fingerprint density at radius 1 is 1.09 bits per heavy atom. The van der Waals surface area contributed by atoms with Crippen LogP contribution in [-0.4, -0.2) is 40.1 Å². The monoisotopic (exact) mass is 316 g/mol. The van der Waals surface area contributed by atoms with Crippen molar-refractivity contribution in [2.24, 2.45) is 5.92 Å². The first-order valence-corrected chi connectivity index (χ1v) is 9.12. The molecule has 0 bridgehead atoms. The van der Waals surface area contributed by atoms with Crippen molar-refractivity contribution in [2.45, 2.75) is 64.3 Å². The SMILES string of the molecule is CC1CCCN(C(=O)c2ccc(NC3CCCCCC3)nn2)C1. The number of rotatable bonds is 3. The smallest absolute Gasteiger partial charge is 0.274 e. The van der Waals surface area contributed by atoms with Crippen molar-refractivity contribution in [3.63, 3.8) is 0 Å². The van der Waals surface area contributed by atoms with Crippen LogP contribution < -0.4 is 5.32 Å². The Bertz CT molecular complexity index is 508. The Kier molecular flexibility index (Phi) is 5.47. The molecule has 5 heteroatoms. The highest BCUT2D eigenvalue weighted by Crippen LogP contribution is 2.21. The molecule has 2 heterocycles. The van der Waals surface area contributed by atoms with Crippen molar-refractivity contribution in [1.82, 2.24) is 15.1 Å². The largest absolute Gasteiger partial charge is 0.366 e. The highest BCUT2D eigenvalue weighted by Gasteiger charge is 2.23. The van der Waals surface area contributed by atoms with Gasteiger partial charge in [0.1, 0.15) is 5.82 Å². The molecule has 1 saturated heterocycles. The van der Waals surface area contributed by atoms with E-state index in [4.69, 9.17) is 0 Å². The molecule has 1 aromatic heterocycles. The average molecular weight is 316 g/mol. The van der Waals surface area contributed by atoms with Crippen LogP contribution in [0.1, 0.15) is 68.8 Å². The van der Waals surface area contributed by atoms with E-state index in [9.17, 15) is 4.79 Å². The minimum atomic E-state index is 0.0186. The number of amides is 1. The summed E-state index contributed by atoms with van der Waals surface area (Å²) in [6.45, 7) is 3.88. The first kappa shape index (κ1) is 16.2. The van der Waals surface area contributed by atoms with Crippen LogP contribution in [0.4, 0.5) is 5.82 Å². The Morgan fingerprint density at radius 3 is 2.52 bits per heavy atom. The van der Waals surface area contributed by atoms with Crippen LogP contribution in [0.15, 0.2) is 12.1 Å². The number of hydrogen-bond donors (Lipinski definition) is 1. The molecule has 1 aliphatic carbocycles. The molecule has 23 heavy (non-hydrogen) atoms. The highest BCUT2D eigenvalue weighted by atomic mass is 16.2. The van der Waals surface area contributed by atoms with Crippen molar-refractivity contribution < 1.29 is 4.79 Å². The van der Waals surface area contributed by atoms with Crippen LogP contribution in [0, 0.1) is 5.92 Å². The predicted molar refractivity (Wildman–Crippen MR) is 91.4 cm³/mol. The lowest BCUT2D eigenvalue weighted by atomic mass is 10.00. The minimum Gasteiger partial charge on any atom is -0.366 e. The van der Waals surface area contributed by atoms with Gasteiger partial charge in [0.25, 0.3) is 5.91 Å². The van der Waals surface area contributed by atoms with Gasteiger partial charge in [-0.1, -0.05) is 32.6 Å². The number of nitrogens with one attached hydrogen (secondary N) is 1. The van der Waals surface area contributed by atoms with E-state index in [1.54, 1.807) is 0 Å². The molecule has 1 saturated carbocycles. The second kappa shape index (κ2) is 7.75. The second-order valence-corrected chi connectivity index (χ2v) is 7.14. The number of carbonyl (C=O) groups excluding carboxylic acids is 1. The van der Waals surface area contributed by atoms with Crippen molar-refractivity contribution in [2.75, 3.05) is 18.4 Å². The number of nitrogens with zero attached hydrogens (tertiary/aromatic N) is 3. The van der Waals surface area contributed by atoms with Gasteiger partial charge >= 0.3 is 0 Å². The topological polar surface area (TPSA) is 58.1 Å².